The number of hydrogen-bond donors (Lipinski definition) is 5. The van der Waals surface area contributed by atoms with Crippen LogP contribution >= 0.6 is 0 Å². The van der Waals surface area contributed by atoms with Crippen molar-refractivity contribution in [1.82, 2.24) is 0 Å². The zero-order valence-electron chi connectivity index (χ0n) is 28.8. The Kier molecular flexibility index (Phi) is 10.9. The van der Waals surface area contributed by atoms with E-state index in [0.29, 0.717) is 24.8 Å². The number of carbonyl (C=O) groups is 2. The fourth-order valence-corrected chi connectivity index (χ4v) is 7.02. The van der Waals surface area contributed by atoms with Crippen LogP contribution in [-0.4, -0.2) is 81.0 Å². The summed E-state index contributed by atoms with van der Waals surface area (Å²) in [5, 5.41) is 54.5. The van der Waals surface area contributed by atoms with Crippen molar-refractivity contribution in [1.29, 1.82) is 0 Å². The predicted octanol–water partition coefficient (Wildman–Crippen LogP) is 6.08. The molecule has 2 aromatic carbocycles. The molecule has 5 N–H and O–H groups in total. The molecule has 1 saturated heterocycles. The summed E-state index contributed by atoms with van der Waals surface area (Å²) in [5.74, 6) is -3.15. The van der Waals surface area contributed by atoms with Gasteiger partial charge in [0, 0.05) is 42.9 Å². The van der Waals surface area contributed by atoms with Crippen molar-refractivity contribution >= 4 is 22.3 Å². The highest BCUT2D eigenvalue weighted by Crippen LogP contribution is 2.49. The SMILES string of the molecule is COC(OC)C1CCC(C(C)(C)O)OC1CC/C(C)=C/CC/C(C)=C/CC1(O)C(=O)c2c(O)cc(C)c3c(O)c(C)c(O)c(c23)C1=O. The van der Waals surface area contributed by atoms with Gasteiger partial charge >= 0.3 is 0 Å². The number of hydrogen-bond acceptors (Lipinski definition) is 10. The summed E-state index contributed by atoms with van der Waals surface area (Å²) < 4.78 is 17.5. The molecule has 2 aliphatic rings. The molecule has 47 heavy (non-hydrogen) atoms. The summed E-state index contributed by atoms with van der Waals surface area (Å²) in [6.07, 6.45) is 6.97. The minimum Gasteiger partial charge on any atom is -0.507 e. The van der Waals surface area contributed by atoms with Crippen LogP contribution in [-0.2, 0) is 14.2 Å². The van der Waals surface area contributed by atoms with Crippen LogP contribution in [0, 0.1) is 19.8 Å². The van der Waals surface area contributed by atoms with Crippen molar-refractivity contribution in [3.8, 4) is 17.2 Å². The van der Waals surface area contributed by atoms with Gasteiger partial charge in [-0.05, 0) is 91.7 Å². The Morgan fingerprint density at radius 2 is 1.60 bits per heavy atom. The van der Waals surface area contributed by atoms with Gasteiger partial charge in [0.05, 0.1) is 28.9 Å². The van der Waals surface area contributed by atoms with Crippen molar-refractivity contribution in [2.24, 2.45) is 5.92 Å². The first-order valence-corrected chi connectivity index (χ1v) is 16.2. The number of carbonyl (C=O) groups excluding carboxylic acids is 2. The molecular weight excluding hydrogens is 604 g/mol. The number of Topliss-reactive ketones (excluding diaryl/α,β-unsaturated/α-hetero) is 2. The molecule has 4 atom stereocenters. The molecular formula is C37H50O10. The molecule has 0 spiro atoms. The second-order valence-corrected chi connectivity index (χ2v) is 13.8. The first-order valence-electron chi connectivity index (χ1n) is 16.2. The van der Waals surface area contributed by atoms with Gasteiger partial charge < -0.3 is 39.7 Å². The zero-order chi connectivity index (χ0) is 35.0. The van der Waals surface area contributed by atoms with Gasteiger partial charge in [-0.3, -0.25) is 9.59 Å². The summed E-state index contributed by atoms with van der Waals surface area (Å²) in [7, 11) is 3.24. The average molecular weight is 655 g/mol. The molecule has 0 radical (unpaired) electrons. The van der Waals surface area contributed by atoms with E-state index in [2.05, 4.69) is 13.0 Å². The minimum absolute atomic E-state index is 0.0407. The van der Waals surface area contributed by atoms with Crippen LogP contribution in [0.25, 0.3) is 10.8 Å². The lowest BCUT2D eigenvalue weighted by Crippen LogP contribution is -2.49. The number of methoxy groups -OCH3 is 2. The maximum absolute atomic E-state index is 13.7. The van der Waals surface area contributed by atoms with E-state index in [4.69, 9.17) is 14.2 Å². The van der Waals surface area contributed by atoms with E-state index in [0.717, 1.165) is 30.4 Å². The Hall–Kier alpha value is -3.28. The fraction of sp³-hybridized carbons (Fsp3) is 0.568. The van der Waals surface area contributed by atoms with Crippen molar-refractivity contribution in [3.63, 3.8) is 0 Å². The molecule has 0 bridgehead atoms. The molecule has 10 heteroatoms. The molecule has 0 amide bonds. The van der Waals surface area contributed by atoms with Crippen LogP contribution in [0.2, 0.25) is 0 Å². The monoisotopic (exact) mass is 654 g/mol. The molecule has 258 valence electrons. The lowest BCUT2D eigenvalue weighted by molar-refractivity contribution is -0.221. The van der Waals surface area contributed by atoms with E-state index in [-0.39, 0.29) is 57.8 Å². The zero-order valence-corrected chi connectivity index (χ0v) is 28.8. The summed E-state index contributed by atoms with van der Waals surface area (Å²) in [6.45, 7) is 10.5. The van der Waals surface area contributed by atoms with Crippen molar-refractivity contribution in [3.05, 3.63) is 51.6 Å². The van der Waals surface area contributed by atoms with Gasteiger partial charge in [0.1, 0.15) is 17.2 Å². The Balaban J connectivity index is 1.45. The van der Waals surface area contributed by atoms with E-state index in [9.17, 15) is 35.1 Å². The summed E-state index contributed by atoms with van der Waals surface area (Å²) in [6, 6.07) is 1.31. The van der Waals surface area contributed by atoms with Crippen LogP contribution < -0.4 is 0 Å². The molecule has 10 nitrogen and oxygen atoms in total. The van der Waals surface area contributed by atoms with Crippen molar-refractivity contribution < 1.29 is 49.3 Å². The molecule has 0 saturated carbocycles. The van der Waals surface area contributed by atoms with Gasteiger partial charge in [0.25, 0.3) is 0 Å². The van der Waals surface area contributed by atoms with Crippen LogP contribution in [0.5, 0.6) is 17.2 Å². The number of aromatic hydroxyl groups is 3. The molecule has 4 rings (SSSR count). The number of phenolic OH excluding ortho intramolecular Hbond substituents is 3. The first-order chi connectivity index (χ1) is 22.0. The number of ketones is 2. The summed E-state index contributed by atoms with van der Waals surface area (Å²) >= 11 is 0. The standard InChI is InChI=1S/C37H50O10/c1-19(12-14-25-23(35(45-7)46-8)13-15-26(47-25)36(5,6)43)10-9-11-20(2)16-17-37(44)33(41)28-24(38)18-21(3)27-29(28)30(34(37)42)32(40)22(4)31(27)39/h10,16,18,23,25-26,35,38-40,43-44H,9,11-15,17H2,1-8H3/b19-10+,20-16+. The van der Waals surface area contributed by atoms with E-state index in [1.807, 2.05) is 6.92 Å². The quantitative estimate of drug-likeness (QED) is 0.103. The number of rotatable bonds is 12. The smallest absolute Gasteiger partial charge is 0.207 e. The summed E-state index contributed by atoms with van der Waals surface area (Å²) in [5.41, 5.74) is -1.57. The second-order valence-electron chi connectivity index (χ2n) is 13.8. The van der Waals surface area contributed by atoms with Gasteiger partial charge in [-0.15, -0.1) is 0 Å². The lowest BCUT2D eigenvalue weighted by Gasteiger charge is -2.43. The number of phenols is 3. The second kappa shape index (κ2) is 14.1. The highest BCUT2D eigenvalue weighted by molar-refractivity contribution is 6.36. The Morgan fingerprint density at radius 1 is 0.979 bits per heavy atom. The molecule has 1 aliphatic carbocycles. The number of allylic oxidation sites excluding steroid dienone is 3. The Morgan fingerprint density at radius 3 is 2.21 bits per heavy atom. The third-order valence-corrected chi connectivity index (χ3v) is 9.92. The number of ether oxygens (including phenoxy) is 3. The molecule has 4 unspecified atom stereocenters. The Bertz CT molecular complexity index is 1590. The van der Waals surface area contributed by atoms with Crippen LogP contribution in [0.15, 0.2) is 29.4 Å². The lowest BCUT2D eigenvalue weighted by atomic mass is 9.73. The molecule has 1 heterocycles. The van der Waals surface area contributed by atoms with Crippen LogP contribution in [0.4, 0.5) is 0 Å². The molecule has 2 aromatic rings. The van der Waals surface area contributed by atoms with Crippen molar-refractivity contribution in [2.45, 2.75) is 116 Å². The highest BCUT2D eigenvalue weighted by atomic mass is 16.7. The van der Waals surface area contributed by atoms with Gasteiger partial charge in [-0.2, -0.15) is 0 Å². The van der Waals surface area contributed by atoms with Crippen molar-refractivity contribution in [2.75, 3.05) is 14.2 Å². The molecule has 1 fully saturated rings. The Labute approximate surface area is 276 Å². The van der Waals surface area contributed by atoms with Gasteiger partial charge in [0.2, 0.25) is 11.6 Å². The maximum atomic E-state index is 13.7. The van der Waals surface area contributed by atoms with Crippen LogP contribution in [0.1, 0.15) is 104 Å². The maximum Gasteiger partial charge on any atom is 0.207 e. The average Bonchev–Trinajstić information content (AvgIpc) is 3.01. The largest absolute Gasteiger partial charge is 0.507 e. The van der Waals surface area contributed by atoms with E-state index >= 15 is 0 Å². The van der Waals surface area contributed by atoms with Gasteiger partial charge in [-0.1, -0.05) is 23.3 Å². The predicted molar refractivity (Wildman–Crippen MR) is 178 cm³/mol. The van der Waals surface area contributed by atoms with Gasteiger partial charge in [-0.25, -0.2) is 0 Å². The fourth-order valence-electron chi connectivity index (χ4n) is 7.02. The summed E-state index contributed by atoms with van der Waals surface area (Å²) in [4.78, 5) is 27.3. The van der Waals surface area contributed by atoms with E-state index in [1.54, 1.807) is 41.1 Å². The molecule has 0 aromatic heterocycles. The number of aryl methyl sites for hydroxylation is 1. The van der Waals surface area contributed by atoms with Crippen LogP contribution in [0.3, 0.4) is 0 Å². The van der Waals surface area contributed by atoms with Gasteiger partial charge in [0.15, 0.2) is 11.9 Å². The van der Waals surface area contributed by atoms with E-state index < -0.39 is 40.6 Å². The molecule has 1 aliphatic heterocycles. The van der Waals surface area contributed by atoms with E-state index in [1.165, 1.54) is 13.0 Å². The topological polar surface area (TPSA) is 163 Å². The number of aliphatic hydroxyl groups is 2. The third-order valence-electron chi connectivity index (χ3n) is 9.92. The minimum atomic E-state index is -2.53. The normalized spacial score (nSPS) is 24.1. The number of benzene rings is 2. The highest BCUT2D eigenvalue weighted by Gasteiger charge is 2.51. The first kappa shape index (κ1) is 36.6. The third kappa shape index (κ3) is 6.98.